The van der Waals surface area contributed by atoms with Crippen molar-refractivity contribution in [2.45, 2.75) is 13.0 Å². The molecule has 1 amide bonds. The second kappa shape index (κ2) is 6.39. The van der Waals surface area contributed by atoms with E-state index in [1.165, 1.54) is 12.1 Å². The van der Waals surface area contributed by atoms with Crippen LogP contribution in [0.4, 0.5) is 15.8 Å². The summed E-state index contributed by atoms with van der Waals surface area (Å²) in [5.74, 6) is -0.689. The third-order valence-corrected chi connectivity index (χ3v) is 3.05. The largest absolute Gasteiger partial charge is 0.374 e. The van der Waals surface area contributed by atoms with Crippen LogP contribution in [-0.4, -0.2) is 11.9 Å². The summed E-state index contributed by atoms with van der Waals surface area (Å²) in [6.07, 6.45) is 0. The summed E-state index contributed by atoms with van der Waals surface area (Å²) in [5.41, 5.74) is 1.24. The van der Waals surface area contributed by atoms with Crippen molar-refractivity contribution in [1.82, 2.24) is 0 Å². The van der Waals surface area contributed by atoms with Crippen LogP contribution in [0.1, 0.15) is 6.92 Å². The summed E-state index contributed by atoms with van der Waals surface area (Å²) >= 11 is 5.86. The summed E-state index contributed by atoms with van der Waals surface area (Å²) in [7, 11) is 0. The van der Waals surface area contributed by atoms with Gasteiger partial charge in [-0.1, -0.05) is 29.8 Å². The number of anilines is 2. The smallest absolute Gasteiger partial charge is 0.246 e. The summed E-state index contributed by atoms with van der Waals surface area (Å²) < 4.78 is 12.9. The quantitative estimate of drug-likeness (QED) is 0.897. The molecule has 3 nitrogen and oxygen atoms in total. The first-order valence-corrected chi connectivity index (χ1v) is 6.51. The van der Waals surface area contributed by atoms with Crippen LogP contribution < -0.4 is 10.6 Å². The molecule has 0 aromatic heterocycles. The van der Waals surface area contributed by atoms with Gasteiger partial charge in [0.2, 0.25) is 5.91 Å². The van der Waals surface area contributed by atoms with Crippen LogP contribution in [0, 0.1) is 5.82 Å². The molecule has 0 aliphatic rings. The van der Waals surface area contributed by atoms with Crippen molar-refractivity contribution in [3.8, 4) is 0 Å². The molecule has 0 bridgehead atoms. The molecule has 2 aromatic rings. The molecule has 0 radical (unpaired) electrons. The van der Waals surface area contributed by atoms with Crippen molar-refractivity contribution in [3.05, 3.63) is 59.4 Å². The number of rotatable bonds is 4. The van der Waals surface area contributed by atoms with Gasteiger partial charge in [0.1, 0.15) is 11.9 Å². The number of hydrogen-bond donors (Lipinski definition) is 2. The van der Waals surface area contributed by atoms with Gasteiger partial charge < -0.3 is 10.6 Å². The first kappa shape index (κ1) is 14.3. The lowest BCUT2D eigenvalue weighted by Crippen LogP contribution is -2.31. The van der Waals surface area contributed by atoms with Gasteiger partial charge in [0.15, 0.2) is 0 Å². The Morgan fingerprint density at radius 1 is 1.20 bits per heavy atom. The lowest BCUT2D eigenvalue weighted by atomic mass is 10.2. The number of carbonyl (C=O) groups is 1. The molecular formula is C15H14ClFN2O. The number of benzene rings is 2. The molecule has 5 heteroatoms. The van der Waals surface area contributed by atoms with Gasteiger partial charge >= 0.3 is 0 Å². The van der Waals surface area contributed by atoms with Crippen molar-refractivity contribution in [3.63, 3.8) is 0 Å². The maximum absolute atomic E-state index is 12.9. The van der Waals surface area contributed by atoms with Crippen LogP contribution in [0.25, 0.3) is 0 Å². The van der Waals surface area contributed by atoms with Crippen molar-refractivity contribution in [2.24, 2.45) is 0 Å². The first-order chi connectivity index (χ1) is 9.56. The Hall–Kier alpha value is -2.07. The van der Waals surface area contributed by atoms with Crippen molar-refractivity contribution in [2.75, 3.05) is 10.6 Å². The van der Waals surface area contributed by atoms with E-state index >= 15 is 0 Å². The fourth-order valence-electron chi connectivity index (χ4n) is 1.68. The van der Waals surface area contributed by atoms with Gasteiger partial charge in [-0.2, -0.15) is 0 Å². The first-order valence-electron chi connectivity index (χ1n) is 6.14. The van der Waals surface area contributed by atoms with Gasteiger partial charge in [0.05, 0.1) is 10.7 Å². The average molecular weight is 293 g/mol. The Balaban J connectivity index is 2.01. The zero-order chi connectivity index (χ0) is 14.5. The molecule has 2 rings (SSSR count). The molecule has 20 heavy (non-hydrogen) atoms. The standard InChI is InChI=1S/C15H14ClFN2O/c1-10(18-12-5-3-2-4-6-12)15(20)19-14-8-7-11(17)9-13(14)16/h2-10,18H,1H3,(H,19,20)/t10-/m1/s1. The van der Waals surface area contributed by atoms with Gasteiger partial charge in [-0.15, -0.1) is 0 Å². The number of para-hydroxylation sites is 1. The van der Waals surface area contributed by atoms with Gasteiger partial charge in [0.25, 0.3) is 0 Å². The monoisotopic (exact) mass is 292 g/mol. The van der Waals surface area contributed by atoms with E-state index in [1.54, 1.807) is 6.92 Å². The van der Waals surface area contributed by atoms with Crippen LogP contribution in [-0.2, 0) is 4.79 Å². The topological polar surface area (TPSA) is 41.1 Å². The second-order valence-electron chi connectivity index (χ2n) is 4.35. The van der Waals surface area contributed by atoms with Gasteiger partial charge in [-0.05, 0) is 37.3 Å². The molecule has 104 valence electrons. The number of amides is 1. The number of hydrogen-bond acceptors (Lipinski definition) is 2. The zero-order valence-electron chi connectivity index (χ0n) is 10.9. The fourth-order valence-corrected chi connectivity index (χ4v) is 1.90. The van der Waals surface area contributed by atoms with Crippen molar-refractivity contribution < 1.29 is 9.18 Å². The maximum atomic E-state index is 12.9. The molecule has 0 heterocycles. The second-order valence-corrected chi connectivity index (χ2v) is 4.75. The highest BCUT2D eigenvalue weighted by Crippen LogP contribution is 2.22. The molecule has 2 N–H and O–H groups in total. The molecule has 0 aliphatic heterocycles. The van der Waals surface area contributed by atoms with Gasteiger partial charge in [-0.25, -0.2) is 4.39 Å². The van der Waals surface area contributed by atoms with Gasteiger partial charge in [0, 0.05) is 5.69 Å². The molecule has 0 unspecified atom stereocenters. The van der Waals surface area contributed by atoms with E-state index in [2.05, 4.69) is 10.6 Å². The highest BCUT2D eigenvalue weighted by Gasteiger charge is 2.14. The Bertz CT molecular complexity index is 604. The molecule has 0 fully saturated rings. The zero-order valence-corrected chi connectivity index (χ0v) is 11.6. The molecule has 0 aliphatic carbocycles. The number of nitrogens with one attached hydrogen (secondary N) is 2. The van der Waals surface area contributed by atoms with Crippen LogP contribution in [0.2, 0.25) is 5.02 Å². The molecule has 0 spiro atoms. The third kappa shape index (κ3) is 3.71. The van der Waals surface area contributed by atoms with Crippen LogP contribution >= 0.6 is 11.6 Å². The highest BCUT2D eigenvalue weighted by molar-refractivity contribution is 6.33. The van der Waals surface area contributed by atoms with Crippen molar-refractivity contribution >= 4 is 28.9 Å². The van der Waals surface area contributed by atoms with Crippen LogP contribution in [0.5, 0.6) is 0 Å². The van der Waals surface area contributed by atoms with Crippen LogP contribution in [0.3, 0.4) is 0 Å². The van der Waals surface area contributed by atoms with E-state index in [4.69, 9.17) is 11.6 Å². The third-order valence-electron chi connectivity index (χ3n) is 2.74. The molecule has 1 atom stereocenters. The van der Waals surface area contributed by atoms with Crippen molar-refractivity contribution in [1.29, 1.82) is 0 Å². The van der Waals surface area contributed by atoms with E-state index in [0.29, 0.717) is 5.69 Å². The fraction of sp³-hybridized carbons (Fsp3) is 0.133. The average Bonchev–Trinajstić information content (AvgIpc) is 2.43. The number of carbonyl (C=O) groups excluding carboxylic acids is 1. The van der Waals surface area contributed by atoms with Gasteiger partial charge in [-0.3, -0.25) is 4.79 Å². The minimum absolute atomic E-state index is 0.172. The molecule has 0 saturated heterocycles. The molecular weight excluding hydrogens is 279 g/mol. The van der Waals surface area contributed by atoms with E-state index < -0.39 is 11.9 Å². The lowest BCUT2D eigenvalue weighted by molar-refractivity contribution is -0.116. The van der Waals surface area contributed by atoms with E-state index in [-0.39, 0.29) is 10.9 Å². The summed E-state index contributed by atoms with van der Waals surface area (Å²) in [6, 6.07) is 12.8. The summed E-state index contributed by atoms with van der Waals surface area (Å²) in [5, 5.41) is 5.89. The summed E-state index contributed by atoms with van der Waals surface area (Å²) in [6.45, 7) is 1.74. The maximum Gasteiger partial charge on any atom is 0.246 e. The van der Waals surface area contributed by atoms with E-state index in [1.807, 2.05) is 30.3 Å². The minimum Gasteiger partial charge on any atom is -0.374 e. The Morgan fingerprint density at radius 3 is 2.55 bits per heavy atom. The normalized spacial score (nSPS) is 11.8. The lowest BCUT2D eigenvalue weighted by Gasteiger charge is -2.15. The summed E-state index contributed by atoms with van der Waals surface area (Å²) in [4.78, 5) is 12.0. The minimum atomic E-state index is -0.446. The predicted molar refractivity (Wildman–Crippen MR) is 79.6 cm³/mol. The Kier molecular flexibility index (Phi) is 4.58. The van der Waals surface area contributed by atoms with E-state index in [0.717, 1.165) is 11.8 Å². The SMILES string of the molecule is C[C@@H](Nc1ccccc1)C(=O)Nc1ccc(F)cc1Cl. The predicted octanol–water partition coefficient (Wildman–Crippen LogP) is 3.92. The Morgan fingerprint density at radius 2 is 1.90 bits per heavy atom. The van der Waals surface area contributed by atoms with Crippen LogP contribution in [0.15, 0.2) is 48.5 Å². The Labute approximate surface area is 121 Å². The molecule has 2 aromatic carbocycles. The highest BCUT2D eigenvalue weighted by atomic mass is 35.5. The number of halogens is 2. The molecule has 0 saturated carbocycles. The van der Waals surface area contributed by atoms with E-state index in [9.17, 15) is 9.18 Å².